The highest BCUT2D eigenvalue weighted by molar-refractivity contribution is 4.80. The maximum atomic E-state index is 5.90. The maximum Gasteiger partial charge on any atom is 0.0474 e. The van der Waals surface area contributed by atoms with Crippen molar-refractivity contribution in [1.29, 1.82) is 0 Å². The van der Waals surface area contributed by atoms with Gasteiger partial charge in [0.25, 0.3) is 0 Å². The van der Waals surface area contributed by atoms with E-state index in [0.717, 1.165) is 52.2 Å². The predicted octanol–water partition coefficient (Wildman–Crippen LogP) is 0.709. The molecule has 1 fully saturated rings. The zero-order valence-electron chi connectivity index (χ0n) is 10.7. The monoisotopic (exact) mass is 230 g/mol. The van der Waals surface area contributed by atoms with Gasteiger partial charge >= 0.3 is 0 Å². The van der Waals surface area contributed by atoms with Crippen molar-refractivity contribution in [2.24, 2.45) is 11.7 Å². The molecule has 1 aliphatic rings. The van der Waals surface area contributed by atoms with Crippen molar-refractivity contribution in [3.63, 3.8) is 0 Å². The Morgan fingerprint density at radius 1 is 1.44 bits per heavy atom. The SMILES string of the molecule is COCCCN(C)C(CN)C1CCOCC1. The van der Waals surface area contributed by atoms with Crippen molar-refractivity contribution in [3.05, 3.63) is 0 Å². The molecule has 2 N–H and O–H groups in total. The summed E-state index contributed by atoms with van der Waals surface area (Å²) in [5, 5.41) is 0. The molecule has 1 saturated heterocycles. The van der Waals surface area contributed by atoms with Crippen LogP contribution in [0.4, 0.5) is 0 Å². The molecule has 0 saturated carbocycles. The Morgan fingerprint density at radius 3 is 2.69 bits per heavy atom. The van der Waals surface area contributed by atoms with Gasteiger partial charge in [-0.25, -0.2) is 0 Å². The highest BCUT2D eigenvalue weighted by Gasteiger charge is 2.25. The molecule has 0 aliphatic carbocycles. The number of ether oxygens (including phenoxy) is 2. The van der Waals surface area contributed by atoms with Gasteiger partial charge in [0.05, 0.1) is 0 Å². The topological polar surface area (TPSA) is 47.7 Å². The highest BCUT2D eigenvalue weighted by Crippen LogP contribution is 2.21. The number of rotatable bonds is 7. The Morgan fingerprint density at radius 2 is 2.12 bits per heavy atom. The van der Waals surface area contributed by atoms with Gasteiger partial charge in [0, 0.05) is 46.1 Å². The Bertz CT molecular complexity index is 172. The minimum atomic E-state index is 0.501. The lowest BCUT2D eigenvalue weighted by atomic mass is 9.91. The predicted molar refractivity (Wildman–Crippen MR) is 65.5 cm³/mol. The standard InChI is InChI=1S/C12H26N2O2/c1-14(6-3-7-15-2)12(10-13)11-4-8-16-9-5-11/h11-12H,3-10,13H2,1-2H3. The van der Waals surface area contributed by atoms with E-state index in [-0.39, 0.29) is 0 Å². The van der Waals surface area contributed by atoms with Crippen LogP contribution in [0.5, 0.6) is 0 Å². The molecule has 1 aliphatic heterocycles. The van der Waals surface area contributed by atoms with Crippen molar-refractivity contribution < 1.29 is 9.47 Å². The van der Waals surface area contributed by atoms with Gasteiger partial charge in [0.1, 0.15) is 0 Å². The van der Waals surface area contributed by atoms with Crippen molar-refractivity contribution in [2.75, 3.05) is 47.1 Å². The number of nitrogens with two attached hydrogens (primary N) is 1. The van der Waals surface area contributed by atoms with E-state index in [0.29, 0.717) is 12.0 Å². The molecule has 1 atom stereocenters. The number of methoxy groups -OCH3 is 1. The third-order valence-electron chi connectivity index (χ3n) is 3.48. The van der Waals surface area contributed by atoms with Gasteiger partial charge in [-0.15, -0.1) is 0 Å². The van der Waals surface area contributed by atoms with E-state index in [1.165, 1.54) is 0 Å². The van der Waals surface area contributed by atoms with Gasteiger partial charge in [-0.1, -0.05) is 0 Å². The Labute approximate surface area is 99.1 Å². The quantitative estimate of drug-likeness (QED) is 0.654. The number of hydrogen-bond donors (Lipinski definition) is 1. The first-order chi connectivity index (χ1) is 7.79. The van der Waals surface area contributed by atoms with Gasteiger partial charge in [-0.05, 0) is 32.2 Å². The number of hydrogen-bond acceptors (Lipinski definition) is 4. The first-order valence-electron chi connectivity index (χ1n) is 6.26. The van der Waals surface area contributed by atoms with Gasteiger partial charge in [0.15, 0.2) is 0 Å². The zero-order valence-corrected chi connectivity index (χ0v) is 10.7. The molecule has 0 aromatic rings. The van der Waals surface area contributed by atoms with Gasteiger partial charge in [-0.2, -0.15) is 0 Å². The smallest absolute Gasteiger partial charge is 0.0474 e. The summed E-state index contributed by atoms with van der Waals surface area (Å²) in [5.41, 5.74) is 5.90. The Kier molecular flexibility index (Phi) is 6.96. The second-order valence-electron chi connectivity index (χ2n) is 4.58. The van der Waals surface area contributed by atoms with Gasteiger partial charge in [0.2, 0.25) is 0 Å². The molecule has 0 aromatic heterocycles. The average Bonchev–Trinajstić information content (AvgIpc) is 2.32. The minimum Gasteiger partial charge on any atom is -0.385 e. The lowest BCUT2D eigenvalue weighted by molar-refractivity contribution is 0.0321. The van der Waals surface area contributed by atoms with Gasteiger partial charge in [-0.3, -0.25) is 0 Å². The van der Waals surface area contributed by atoms with Crippen LogP contribution in [0.2, 0.25) is 0 Å². The largest absolute Gasteiger partial charge is 0.385 e. The van der Waals surface area contributed by atoms with Crippen molar-refractivity contribution in [3.8, 4) is 0 Å². The Hall–Kier alpha value is -0.160. The first kappa shape index (κ1) is 13.9. The molecule has 0 amide bonds. The van der Waals surface area contributed by atoms with E-state index in [1.807, 2.05) is 0 Å². The van der Waals surface area contributed by atoms with E-state index in [9.17, 15) is 0 Å². The van der Waals surface area contributed by atoms with Crippen LogP contribution < -0.4 is 5.73 Å². The summed E-state index contributed by atoms with van der Waals surface area (Å²) in [6, 6.07) is 0.501. The lowest BCUT2D eigenvalue weighted by Crippen LogP contribution is -2.45. The van der Waals surface area contributed by atoms with Crippen LogP contribution in [0.3, 0.4) is 0 Å². The third-order valence-corrected chi connectivity index (χ3v) is 3.48. The molecular weight excluding hydrogens is 204 g/mol. The molecule has 0 radical (unpaired) electrons. The van der Waals surface area contributed by atoms with E-state index in [1.54, 1.807) is 7.11 Å². The summed E-state index contributed by atoms with van der Waals surface area (Å²) in [5.74, 6) is 0.700. The van der Waals surface area contributed by atoms with E-state index >= 15 is 0 Å². The summed E-state index contributed by atoms with van der Waals surface area (Å²) in [6.07, 6.45) is 3.37. The molecule has 4 nitrogen and oxygen atoms in total. The normalized spacial score (nSPS) is 20.2. The summed E-state index contributed by atoms with van der Waals surface area (Å²) >= 11 is 0. The molecule has 1 rings (SSSR count). The second-order valence-corrected chi connectivity index (χ2v) is 4.58. The fourth-order valence-electron chi connectivity index (χ4n) is 2.46. The summed E-state index contributed by atoms with van der Waals surface area (Å²) in [6.45, 7) is 4.43. The van der Waals surface area contributed by atoms with E-state index in [4.69, 9.17) is 15.2 Å². The second kappa shape index (κ2) is 8.01. The van der Waals surface area contributed by atoms with Crippen LogP contribution >= 0.6 is 0 Å². The molecule has 1 unspecified atom stereocenters. The van der Waals surface area contributed by atoms with Crippen LogP contribution in [0, 0.1) is 5.92 Å². The summed E-state index contributed by atoms with van der Waals surface area (Å²) in [4.78, 5) is 2.38. The summed E-state index contributed by atoms with van der Waals surface area (Å²) in [7, 11) is 3.92. The van der Waals surface area contributed by atoms with E-state index < -0.39 is 0 Å². The molecule has 0 aromatic carbocycles. The lowest BCUT2D eigenvalue weighted by Gasteiger charge is -2.36. The molecule has 1 heterocycles. The fraction of sp³-hybridized carbons (Fsp3) is 1.00. The fourth-order valence-corrected chi connectivity index (χ4v) is 2.46. The van der Waals surface area contributed by atoms with Crippen LogP contribution in [0.15, 0.2) is 0 Å². The molecule has 4 heteroatoms. The third kappa shape index (κ3) is 4.37. The zero-order chi connectivity index (χ0) is 11.8. The molecule has 16 heavy (non-hydrogen) atoms. The van der Waals surface area contributed by atoms with Crippen LogP contribution in [-0.2, 0) is 9.47 Å². The molecular formula is C12H26N2O2. The van der Waals surface area contributed by atoms with Crippen LogP contribution in [-0.4, -0.2) is 58.0 Å². The Balaban J connectivity index is 2.32. The van der Waals surface area contributed by atoms with Crippen LogP contribution in [0.25, 0.3) is 0 Å². The molecule has 0 spiro atoms. The number of likely N-dealkylation sites (N-methyl/N-ethyl adjacent to an activating group) is 1. The van der Waals surface area contributed by atoms with Crippen molar-refractivity contribution in [1.82, 2.24) is 4.90 Å². The van der Waals surface area contributed by atoms with Crippen molar-refractivity contribution >= 4 is 0 Å². The maximum absolute atomic E-state index is 5.90. The average molecular weight is 230 g/mol. The summed E-state index contributed by atoms with van der Waals surface area (Å²) < 4.78 is 10.5. The van der Waals surface area contributed by atoms with Gasteiger partial charge < -0.3 is 20.1 Å². The highest BCUT2D eigenvalue weighted by atomic mass is 16.5. The first-order valence-corrected chi connectivity index (χ1v) is 6.26. The number of nitrogens with zero attached hydrogens (tertiary/aromatic N) is 1. The van der Waals surface area contributed by atoms with Crippen LogP contribution in [0.1, 0.15) is 19.3 Å². The minimum absolute atomic E-state index is 0.501. The molecule has 0 bridgehead atoms. The van der Waals surface area contributed by atoms with Crippen molar-refractivity contribution in [2.45, 2.75) is 25.3 Å². The molecule has 96 valence electrons. The van der Waals surface area contributed by atoms with E-state index in [2.05, 4.69) is 11.9 Å².